The van der Waals surface area contributed by atoms with Gasteiger partial charge in [0.15, 0.2) is 12.4 Å². The molecule has 1 heterocycles. The van der Waals surface area contributed by atoms with Crippen LogP contribution in [0.2, 0.25) is 0 Å². The van der Waals surface area contributed by atoms with Crippen LogP contribution in [0.5, 0.6) is 5.75 Å². The summed E-state index contributed by atoms with van der Waals surface area (Å²) in [5.41, 5.74) is 0.609. The summed E-state index contributed by atoms with van der Waals surface area (Å²) in [7, 11) is 0. The molecule has 0 atom stereocenters. The van der Waals surface area contributed by atoms with Crippen LogP contribution in [0.3, 0.4) is 0 Å². The highest BCUT2D eigenvalue weighted by Crippen LogP contribution is 2.23. The van der Waals surface area contributed by atoms with Gasteiger partial charge in [0.2, 0.25) is 0 Å². The van der Waals surface area contributed by atoms with Crippen molar-refractivity contribution in [2.45, 2.75) is 33.3 Å². The van der Waals surface area contributed by atoms with Crippen molar-refractivity contribution < 1.29 is 14.2 Å². The molecule has 1 aromatic carbocycles. The summed E-state index contributed by atoms with van der Waals surface area (Å²) in [4.78, 5) is 14.5. The number of rotatable bonds is 5. The van der Waals surface area contributed by atoms with Crippen molar-refractivity contribution in [3.8, 4) is 5.75 Å². The minimum Gasteiger partial charge on any atom is -0.484 e. The molecule has 0 aliphatic rings. The Hall–Kier alpha value is -2.44. The zero-order valence-corrected chi connectivity index (χ0v) is 11.5. The first kappa shape index (κ1) is 14.0. The lowest BCUT2D eigenvalue weighted by atomic mass is 10.2. The third-order valence-corrected chi connectivity index (χ3v) is 2.73. The maximum absolute atomic E-state index is 10.7. The van der Waals surface area contributed by atoms with E-state index in [9.17, 15) is 10.1 Å². The number of nitrogens with zero attached hydrogens (tertiary/aromatic N) is 3. The van der Waals surface area contributed by atoms with Crippen molar-refractivity contribution in [1.82, 2.24) is 10.1 Å². The van der Waals surface area contributed by atoms with E-state index in [1.54, 1.807) is 19.1 Å². The van der Waals surface area contributed by atoms with Gasteiger partial charge in [-0.15, -0.1) is 0 Å². The monoisotopic (exact) mass is 277 g/mol. The van der Waals surface area contributed by atoms with Crippen LogP contribution in [0.15, 0.2) is 22.7 Å². The Morgan fingerprint density at radius 2 is 2.20 bits per heavy atom. The second-order valence-electron chi connectivity index (χ2n) is 4.70. The number of aromatic nitrogens is 2. The summed E-state index contributed by atoms with van der Waals surface area (Å²) >= 11 is 0. The molecule has 0 unspecified atom stereocenters. The second-order valence-corrected chi connectivity index (χ2v) is 4.70. The minimum absolute atomic E-state index is 0.0669. The van der Waals surface area contributed by atoms with Gasteiger partial charge in [0.25, 0.3) is 11.6 Å². The molecule has 1 aromatic heterocycles. The van der Waals surface area contributed by atoms with Crippen molar-refractivity contribution >= 4 is 5.69 Å². The molecule has 2 rings (SSSR count). The first-order valence-electron chi connectivity index (χ1n) is 6.17. The number of nitro groups is 1. The molecule has 2 aromatic rings. The average Bonchev–Trinajstić information content (AvgIpc) is 2.85. The van der Waals surface area contributed by atoms with E-state index in [-0.39, 0.29) is 18.2 Å². The number of benzene rings is 1. The third kappa shape index (κ3) is 3.11. The first-order valence-corrected chi connectivity index (χ1v) is 6.17. The summed E-state index contributed by atoms with van der Waals surface area (Å²) in [6.07, 6.45) is 0. The summed E-state index contributed by atoms with van der Waals surface area (Å²) in [6, 6.07) is 4.57. The van der Waals surface area contributed by atoms with Crippen molar-refractivity contribution in [3.05, 3.63) is 45.6 Å². The highest BCUT2D eigenvalue weighted by atomic mass is 16.6. The molecule has 0 saturated heterocycles. The maximum atomic E-state index is 10.7. The standard InChI is InChI=1S/C13H15N3O4/c1-8(2)13-14-12(20-15-13)7-19-10-4-5-11(16(17)18)9(3)6-10/h4-6,8H,7H2,1-3H3. The van der Waals surface area contributed by atoms with Gasteiger partial charge in [-0.05, 0) is 19.1 Å². The van der Waals surface area contributed by atoms with Crippen molar-refractivity contribution in [2.75, 3.05) is 0 Å². The molecule has 0 aliphatic carbocycles. The van der Waals surface area contributed by atoms with Crippen LogP contribution in [-0.4, -0.2) is 15.1 Å². The lowest BCUT2D eigenvalue weighted by Gasteiger charge is -2.04. The van der Waals surface area contributed by atoms with Crippen LogP contribution in [0, 0.1) is 17.0 Å². The Morgan fingerprint density at radius 3 is 2.75 bits per heavy atom. The summed E-state index contributed by atoms with van der Waals surface area (Å²) in [5, 5.41) is 14.5. The fourth-order valence-corrected chi connectivity index (χ4v) is 1.63. The predicted molar refractivity (Wildman–Crippen MR) is 70.6 cm³/mol. The molecule has 7 heteroatoms. The fraction of sp³-hybridized carbons (Fsp3) is 0.385. The highest BCUT2D eigenvalue weighted by molar-refractivity contribution is 5.44. The number of hydrogen-bond donors (Lipinski definition) is 0. The zero-order chi connectivity index (χ0) is 14.7. The molecule has 0 N–H and O–H groups in total. The molecule has 0 spiro atoms. The van der Waals surface area contributed by atoms with Gasteiger partial charge in [-0.25, -0.2) is 0 Å². The van der Waals surface area contributed by atoms with E-state index in [1.165, 1.54) is 6.07 Å². The SMILES string of the molecule is Cc1cc(OCc2nc(C(C)C)no2)ccc1[N+](=O)[O-]. The molecule has 7 nitrogen and oxygen atoms in total. The zero-order valence-electron chi connectivity index (χ0n) is 11.5. The smallest absolute Gasteiger partial charge is 0.272 e. The molecule has 0 fully saturated rings. The molecular weight excluding hydrogens is 262 g/mol. The van der Waals surface area contributed by atoms with Gasteiger partial charge in [-0.2, -0.15) is 4.98 Å². The van der Waals surface area contributed by atoms with E-state index < -0.39 is 4.92 Å². The minimum atomic E-state index is -0.425. The number of ether oxygens (including phenoxy) is 1. The van der Waals surface area contributed by atoms with Gasteiger partial charge in [0, 0.05) is 17.5 Å². The fourth-order valence-electron chi connectivity index (χ4n) is 1.63. The largest absolute Gasteiger partial charge is 0.484 e. The molecule has 106 valence electrons. The maximum Gasteiger partial charge on any atom is 0.272 e. The highest BCUT2D eigenvalue weighted by Gasteiger charge is 2.12. The van der Waals surface area contributed by atoms with Gasteiger partial charge in [0.1, 0.15) is 5.75 Å². The molecule has 0 bridgehead atoms. The van der Waals surface area contributed by atoms with Crippen molar-refractivity contribution in [1.29, 1.82) is 0 Å². The van der Waals surface area contributed by atoms with Gasteiger partial charge in [-0.3, -0.25) is 10.1 Å². The Bertz CT molecular complexity index is 622. The van der Waals surface area contributed by atoms with Crippen LogP contribution < -0.4 is 4.74 Å². The van der Waals surface area contributed by atoms with Gasteiger partial charge in [-0.1, -0.05) is 19.0 Å². The summed E-state index contributed by atoms with van der Waals surface area (Å²) in [5.74, 6) is 1.72. The van der Waals surface area contributed by atoms with E-state index in [1.807, 2.05) is 13.8 Å². The van der Waals surface area contributed by atoms with Crippen LogP contribution >= 0.6 is 0 Å². The van der Waals surface area contributed by atoms with Gasteiger partial charge < -0.3 is 9.26 Å². The van der Waals surface area contributed by atoms with Gasteiger partial charge >= 0.3 is 0 Å². The van der Waals surface area contributed by atoms with Crippen LogP contribution in [0.25, 0.3) is 0 Å². The molecule has 20 heavy (non-hydrogen) atoms. The third-order valence-electron chi connectivity index (χ3n) is 2.73. The van der Waals surface area contributed by atoms with Crippen LogP contribution in [-0.2, 0) is 6.61 Å². The summed E-state index contributed by atoms with van der Waals surface area (Å²) in [6.45, 7) is 5.73. The van der Waals surface area contributed by atoms with E-state index in [0.717, 1.165) is 0 Å². The van der Waals surface area contributed by atoms with Gasteiger partial charge in [0.05, 0.1) is 4.92 Å². The molecule has 0 radical (unpaired) electrons. The van der Waals surface area contributed by atoms with Crippen molar-refractivity contribution in [3.63, 3.8) is 0 Å². The molecule has 0 amide bonds. The lowest BCUT2D eigenvalue weighted by molar-refractivity contribution is -0.385. The topological polar surface area (TPSA) is 91.3 Å². The number of nitro benzene ring substituents is 1. The van der Waals surface area contributed by atoms with Crippen LogP contribution in [0.1, 0.15) is 37.0 Å². The first-order chi connectivity index (χ1) is 9.47. The average molecular weight is 277 g/mol. The van der Waals surface area contributed by atoms with E-state index in [0.29, 0.717) is 23.0 Å². The quantitative estimate of drug-likeness (QED) is 0.616. The van der Waals surface area contributed by atoms with E-state index >= 15 is 0 Å². The Morgan fingerprint density at radius 1 is 1.45 bits per heavy atom. The Balaban J connectivity index is 2.03. The van der Waals surface area contributed by atoms with E-state index in [2.05, 4.69) is 10.1 Å². The Kier molecular flexibility index (Phi) is 3.97. The second kappa shape index (κ2) is 5.68. The van der Waals surface area contributed by atoms with Crippen LogP contribution in [0.4, 0.5) is 5.69 Å². The Labute approximate surface area is 115 Å². The molecule has 0 saturated carbocycles. The normalized spacial score (nSPS) is 10.8. The molecule has 0 aliphatic heterocycles. The molecular formula is C13H15N3O4. The lowest BCUT2D eigenvalue weighted by Crippen LogP contribution is -1.98. The van der Waals surface area contributed by atoms with Crippen molar-refractivity contribution in [2.24, 2.45) is 0 Å². The number of hydrogen-bond acceptors (Lipinski definition) is 6. The summed E-state index contributed by atoms with van der Waals surface area (Å²) < 4.78 is 10.5. The number of aryl methyl sites for hydroxylation is 1. The predicted octanol–water partition coefficient (Wildman–Crippen LogP) is 2.99. The van der Waals surface area contributed by atoms with E-state index in [4.69, 9.17) is 9.26 Å².